The van der Waals surface area contributed by atoms with Crippen molar-refractivity contribution >= 4 is 16.8 Å². The maximum absolute atomic E-state index is 13.1. The number of rotatable bonds is 5. The molecule has 1 amide bonds. The van der Waals surface area contributed by atoms with Crippen LogP contribution in [0.3, 0.4) is 0 Å². The highest BCUT2D eigenvalue weighted by molar-refractivity contribution is 5.93. The van der Waals surface area contributed by atoms with Gasteiger partial charge in [-0.3, -0.25) is 19.7 Å². The van der Waals surface area contributed by atoms with Crippen molar-refractivity contribution in [3.63, 3.8) is 0 Å². The van der Waals surface area contributed by atoms with Crippen LogP contribution >= 0.6 is 0 Å². The van der Waals surface area contributed by atoms with Crippen molar-refractivity contribution in [1.82, 2.24) is 20.2 Å². The van der Waals surface area contributed by atoms with Crippen LogP contribution < -0.4 is 5.32 Å². The second-order valence-electron chi connectivity index (χ2n) is 8.33. The zero-order chi connectivity index (χ0) is 20.5. The molecule has 152 valence electrons. The van der Waals surface area contributed by atoms with Gasteiger partial charge in [-0.05, 0) is 61.1 Å². The Labute approximate surface area is 176 Å². The number of hydrogen-bond acceptors (Lipinski definition) is 4. The van der Waals surface area contributed by atoms with Gasteiger partial charge in [-0.1, -0.05) is 30.3 Å². The van der Waals surface area contributed by atoms with Crippen molar-refractivity contribution in [1.29, 1.82) is 0 Å². The van der Waals surface area contributed by atoms with Gasteiger partial charge in [0.1, 0.15) is 5.69 Å². The summed E-state index contributed by atoms with van der Waals surface area (Å²) in [5.41, 5.74) is 2.52. The Hall–Kier alpha value is -3.05. The van der Waals surface area contributed by atoms with E-state index in [0.29, 0.717) is 17.5 Å². The maximum Gasteiger partial charge on any atom is 0.270 e. The summed E-state index contributed by atoms with van der Waals surface area (Å²) in [6.07, 6.45) is 7.87. The molecule has 5 heteroatoms. The van der Waals surface area contributed by atoms with E-state index in [1.807, 2.05) is 36.5 Å². The average Bonchev–Trinajstić information content (AvgIpc) is 2.83. The molecule has 2 bridgehead atoms. The van der Waals surface area contributed by atoms with E-state index in [9.17, 15) is 4.79 Å². The third kappa shape index (κ3) is 3.39. The number of hydrogen-bond donors (Lipinski definition) is 1. The number of fused-ring (bicyclic) bond motifs is 4. The van der Waals surface area contributed by atoms with E-state index in [-0.39, 0.29) is 18.0 Å². The third-order valence-corrected chi connectivity index (χ3v) is 6.74. The van der Waals surface area contributed by atoms with Crippen LogP contribution in [0.25, 0.3) is 10.9 Å². The summed E-state index contributed by atoms with van der Waals surface area (Å²) in [7, 11) is 0. The van der Waals surface area contributed by atoms with Crippen molar-refractivity contribution in [3.05, 3.63) is 84.8 Å². The molecule has 3 unspecified atom stereocenters. The highest BCUT2D eigenvalue weighted by Crippen LogP contribution is 2.42. The lowest BCUT2D eigenvalue weighted by molar-refractivity contribution is 0.00167. The molecule has 5 atom stereocenters. The summed E-state index contributed by atoms with van der Waals surface area (Å²) in [6.45, 7) is 6.13. The van der Waals surface area contributed by atoms with Gasteiger partial charge in [-0.2, -0.15) is 0 Å². The molecule has 1 aromatic carbocycles. The number of carbonyl (C=O) groups excluding carboxylic acids is 1. The van der Waals surface area contributed by atoms with Crippen LogP contribution in [0.4, 0.5) is 0 Å². The predicted molar refractivity (Wildman–Crippen MR) is 118 cm³/mol. The van der Waals surface area contributed by atoms with E-state index in [2.05, 4.69) is 45.0 Å². The molecule has 1 N–H and O–H groups in total. The Morgan fingerprint density at radius 3 is 2.77 bits per heavy atom. The quantitative estimate of drug-likeness (QED) is 0.660. The normalized spacial score (nSPS) is 26.3. The number of nitrogens with one attached hydrogen (secondary N) is 1. The molecule has 0 saturated carbocycles. The Kier molecular flexibility index (Phi) is 5.05. The van der Waals surface area contributed by atoms with Crippen LogP contribution in [0.5, 0.6) is 0 Å². The Morgan fingerprint density at radius 1 is 1.13 bits per heavy atom. The van der Waals surface area contributed by atoms with Crippen LogP contribution in [0, 0.1) is 11.8 Å². The zero-order valence-corrected chi connectivity index (χ0v) is 16.9. The van der Waals surface area contributed by atoms with Crippen molar-refractivity contribution in [2.75, 3.05) is 13.1 Å². The Bertz CT molecular complexity index is 1060. The molecule has 3 aliphatic rings. The fourth-order valence-corrected chi connectivity index (χ4v) is 5.21. The van der Waals surface area contributed by atoms with Crippen LogP contribution in [0.2, 0.25) is 0 Å². The van der Waals surface area contributed by atoms with Crippen molar-refractivity contribution < 1.29 is 4.79 Å². The molecule has 0 radical (unpaired) electrons. The molecule has 3 saturated heterocycles. The van der Waals surface area contributed by atoms with Gasteiger partial charge in [0.05, 0.1) is 11.6 Å². The molecule has 5 heterocycles. The predicted octanol–water partition coefficient (Wildman–Crippen LogP) is 4.00. The first-order valence-electron chi connectivity index (χ1n) is 10.7. The van der Waals surface area contributed by atoms with Gasteiger partial charge in [-0.15, -0.1) is 6.58 Å². The average molecular weight is 399 g/mol. The molecule has 5 nitrogen and oxygen atoms in total. The minimum Gasteiger partial charge on any atom is -0.342 e. The van der Waals surface area contributed by atoms with E-state index in [1.54, 1.807) is 12.3 Å². The van der Waals surface area contributed by atoms with Gasteiger partial charge >= 0.3 is 0 Å². The van der Waals surface area contributed by atoms with Crippen molar-refractivity contribution in [2.24, 2.45) is 11.8 Å². The smallest absolute Gasteiger partial charge is 0.270 e. The molecule has 2 aromatic heterocycles. The van der Waals surface area contributed by atoms with Crippen molar-refractivity contribution in [3.8, 4) is 0 Å². The second kappa shape index (κ2) is 8.00. The molecular weight excluding hydrogens is 372 g/mol. The van der Waals surface area contributed by atoms with E-state index in [1.165, 1.54) is 6.42 Å². The Balaban J connectivity index is 1.54. The fraction of sp³-hybridized carbons (Fsp3) is 0.320. The van der Waals surface area contributed by atoms with Crippen LogP contribution in [-0.2, 0) is 0 Å². The summed E-state index contributed by atoms with van der Waals surface area (Å²) in [6, 6.07) is 15.8. The summed E-state index contributed by atoms with van der Waals surface area (Å²) >= 11 is 0. The first-order valence-corrected chi connectivity index (χ1v) is 10.7. The highest BCUT2D eigenvalue weighted by Gasteiger charge is 2.43. The minimum atomic E-state index is -0.135. The van der Waals surface area contributed by atoms with Crippen LogP contribution in [0.15, 0.2) is 73.6 Å². The number of piperidine rings is 3. The number of amides is 1. The summed E-state index contributed by atoms with van der Waals surface area (Å²) < 4.78 is 0. The molecule has 6 rings (SSSR count). The number of nitrogens with zero attached hydrogens (tertiary/aromatic N) is 3. The number of carbonyl (C=O) groups is 1. The third-order valence-electron chi connectivity index (χ3n) is 6.74. The van der Waals surface area contributed by atoms with Gasteiger partial charge in [0, 0.05) is 30.4 Å². The van der Waals surface area contributed by atoms with E-state index in [4.69, 9.17) is 0 Å². The topological polar surface area (TPSA) is 58.1 Å². The summed E-state index contributed by atoms with van der Waals surface area (Å²) in [4.78, 5) is 24.4. The van der Waals surface area contributed by atoms with E-state index in [0.717, 1.165) is 36.0 Å². The van der Waals surface area contributed by atoms with E-state index >= 15 is 0 Å². The van der Waals surface area contributed by atoms with E-state index < -0.39 is 0 Å². The lowest BCUT2D eigenvalue weighted by Gasteiger charge is -2.51. The number of para-hydroxylation sites is 1. The van der Waals surface area contributed by atoms with Gasteiger partial charge in [0.25, 0.3) is 5.91 Å². The first kappa shape index (κ1) is 18.9. The zero-order valence-electron chi connectivity index (χ0n) is 16.9. The van der Waals surface area contributed by atoms with Crippen LogP contribution in [0.1, 0.15) is 34.9 Å². The second-order valence-corrected chi connectivity index (χ2v) is 8.33. The number of pyridine rings is 2. The largest absolute Gasteiger partial charge is 0.342 e. The lowest BCUT2D eigenvalue weighted by Crippen LogP contribution is -2.57. The standard InChI is InChI=1S/C25H26N4O/c1-2-17-16-29-14-11-18(17)15-23(29)24(28-25(30)22-9-5-6-12-26-22)20-10-13-27-21-8-4-3-7-19(20)21/h2-10,12-13,17-18,23-24H,1,11,14-16H2,(H,28,30)/t17?,18?,23-,24+/m1/s1. The highest BCUT2D eigenvalue weighted by atomic mass is 16.2. The van der Waals surface area contributed by atoms with Crippen LogP contribution in [-0.4, -0.2) is 39.9 Å². The minimum absolute atomic E-state index is 0.124. The monoisotopic (exact) mass is 398 g/mol. The molecule has 0 aliphatic carbocycles. The molecule has 0 spiro atoms. The first-order chi connectivity index (χ1) is 14.7. The van der Waals surface area contributed by atoms with Gasteiger partial charge in [0.2, 0.25) is 0 Å². The lowest BCUT2D eigenvalue weighted by atomic mass is 9.73. The number of aromatic nitrogens is 2. The van der Waals surface area contributed by atoms with Crippen molar-refractivity contribution in [2.45, 2.75) is 24.9 Å². The van der Waals surface area contributed by atoms with Gasteiger partial charge in [-0.25, -0.2) is 0 Å². The van der Waals surface area contributed by atoms with Gasteiger partial charge in [0.15, 0.2) is 0 Å². The molecule has 30 heavy (non-hydrogen) atoms. The molecular formula is C25H26N4O. The number of benzene rings is 1. The SMILES string of the molecule is C=CC1CN2CCC1C[C@@H]2[C@@H](NC(=O)c1ccccn1)c1ccnc2ccccc12. The van der Waals surface area contributed by atoms with Gasteiger partial charge < -0.3 is 5.32 Å². The summed E-state index contributed by atoms with van der Waals surface area (Å²) in [5.74, 6) is 1.03. The summed E-state index contributed by atoms with van der Waals surface area (Å²) in [5, 5.41) is 4.42. The maximum atomic E-state index is 13.1. The molecule has 3 aromatic rings. The molecule has 3 aliphatic heterocycles. The fourth-order valence-electron chi connectivity index (χ4n) is 5.21. The molecule has 3 fully saturated rings. The Morgan fingerprint density at radius 2 is 2.00 bits per heavy atom.